The molecule has 0 amide bonds. The Labute approximate surface area is 401 Å². The lowest BCUT2D eigenvalue weighted by Crippen LogP contribution is -2.01. The second-order valence-corrected chi connectivity index (χ2v) is 18.5. The lowest BCUT2D eigenvalue weighted by molar-refractivity contribution is 0.289. The highest BCUT2D eigenvalue weighted by Gasteiger charge is 2.12. The van der Waals surface area contributed by atoms with Gasteiger partial charge in [0.25, 0.3) is 0 Å². The summed E-state index contributed by atoms with van der Waals surface area (Å²) in [5.74, 6) is 3.52. The number of unbranched alkanes of at least 4 members (excludes halogenated alkanes) is 20. The molecule has 5 aromatic rings. The van der Waals surface area contributed by atoms with Crippen molar-refractivity contribution in [1.82, 2.24) is 0 Å². The molecule has 0 aliphatic carbocycles. The molecule has 4 nitrogen and oxygen atoms in total. The highest BCUT2D eigenvalue weighted by molar-refractivity contribution is 6.14. The van der Waals surface area contributed by atoms with Crippen LogP contribution in [0.25, 0.3) is 45.8 Å². The maximum Gasteiger partial charge on any atom is 0.123 e. The van der Waals surface area contributed by atoms with Crippen LogP contribution in [0.1, 0.15) is 204 Å². The van der Waals surface area contributed by atoms with Gasteiger partial charge in [0.2, 0.25) is 0 Å². The third-order valence-electron chi connectivity index (χ3n) is 12.8. The van der Waals surface area contributed by atoms with Crippen molar-refractivity contribution in [2.45, 2.75) is 182 Å². The van der Waals surface area contributed by atoms with Crippen molar-refractivity contribution in [1.29, 1.82) is 0 Å². The maximum absolute atomic E-state index is 6.40. The van der Waals surface area contributed by atoms with Gasteiger partial charge in [-0.05, 0) is 93.7 Å². The third-order valence-corrected chi connectivity index (χ3v) is 12.8. The van der Waals surface area contributed by atoms with Crippen molar-refractivity contribution in [3.05, 3.63) is 107 Å². The first kappa shape index (κ1) is 52.3. The van der Waals surface area contributed by atoms with Crippen molar-refractivity contribution in [2.75, 3.05) is 26.4 Å². The molecule has 0 bridgehead atoms. The Morgan fingerprint density at radius 2 is 0.530 bits per heavy atom. The molecule has 358 valence electrons. The van der Waals surface area contributed by atoms with Gasteiger partial charge in [0.1, 0.15) is 23.0 Å². The van der Waals surface area contributed by atoms with Crippen LogP contribution in [0.15, 0.2) is 84.9 Å². The van der Waals surface area contributed by atoms with E-state index in [2.05, 4.69) is 137 Å². The van der Waals surface area contributed by atoms with Crippen LogP contribution in [0.4, 0.5) is 0 Å². The average molecular weight is 895 g/mol. The van der Waals surface area contributed by atoms with Crippen molar-refractivity contribution in [2.24, 2.45) is 0 Å². The van der Waals surface area contributed by atoms with Gasteiger partial charge in [0, 0.05) is 12.1 Å². The van der Waals surface area contributed by atoms with E-state index in [4.69, 9.17) is 18.9 Å². The number of fused-ring (bicyclic) bond motifs is 2. The number of ether oxygens (including phenoxy) is 4. The molecule has 66 heavy (non-hydrogen) atoms. The van der Waals surface area contributed by atoms with Crippen LogP contribution >= 0.6 is 0 Å². The number of rotatable bonds is 36. The maximum atomic E-state index is 6.40. The molecule has 4 heteroatoms. The fraction of sp³-hybridized carbons (Fsp3) is 0.516. The Hall–Kier alpha value is -4.70. The minimum absolute atomic E-state index is 0.727. The summed E-state index contributed by atoms with van der Waals surface area (Å²) < 4.78 is 25.6. The van der Waals surface area contributed by atoms with Gasteiger partial charge in [-0.3, -0.25) is 0 Å². The van der Waals surface area contributed by atoms with Gasteiger partial charge in [-0.2, -0.15) is 0 Å². The molecule has 0 fully saturated rings. The van der Waals surface area contributed by atoms with Crippen LogP contribution < -0.4 is 18.9 Å². The van der Waals surface area contributed by atoms with E-state index in [0.717, 1.165) is 86.2 Å². The molecule has 0 heterocycles. The highest BCUT2D eigenvalue weighted by Crippen LogP contribution is 2.36. The average Bonchev–Trinajstić information content (AvgIpc) is 3.34. The van der Waals surface area contributed by atoms with Gasteiger partial charge in [-0.25, -0.2) is 0 Å². The standard InChI is InChI=1S/C62H86O4/c1-5-9-13-17-21-29-41-63-53-45-51(46-54(49-53)64-42-30-22-18-14-10-6-2)37-39-61-57-33-25-27-35-59(57)62(60-36-28-26-34-58(60)61)40-38-52-47-55(65-43-31-23-19-15-11-7-3)50-56(48-52)66-44-32-24-20-16-12-8-4/h25-28,33-40,45-50H,5-24,29-32,41-44H2,1-4H3/b39-37+,40-38+. The van der Waals surface area contributed by atoms with Crippen molar-refractivity contribution < 1.29 is 18.9 Å². The summed E-state index contributed by atoms with van der Waals surface area (Å²) in [4.78, 5) is 0. The van der Waals surface area contributed by atoms with Gasteiger partial charge < -0.3 is 18.9 Å². The second kappa shape index (κ2) is 32.1. The first-order valence-electron chi connectivity index (χ1n) is 26.7. The molecule has 0 aliphatic rings. The first-order valence-corrected chi connectivity index (χ1v) is 26.7. The van der Waals surface area contributed by atoms with Crippen LogP contribution in [0.5, 0.6) is 23.0 Å². The second-order valence-electron chi connectivity index (χ2n) is 18.5. The normalized spacial score (nSPS) is 11.7. The predicted octanol–water partition coefficient (Wildman–Crippen LogP) is 19.3. The Morgan fingerprint density at radius 3 is 0.788 bits per heavy atom. The van der Waals surface area contributed by atoms with Crippen LogP contribution in [-0.4, -0.2) is 26.4 Å². The van der Waals surface area contributed by atoms with Crippen LogP contribution in [-0.2, 0) is 0 Å². The lowest BCUT2D eigenvalue weighted by atomic mass is 9.91. The zero-order valence-electron chi connectivity index (χ0n) is 41.8. The number of hydrogen-bond acceptors (Lipinski definition) is 4. The van der Waals surface area contributed by atoms with Gasteiger partial charge >= 0.3 is 0 Å². The molecule has 5 rings (SSSR count). The molecule has 0 atom stereocenters. The summed E-state index contributed by atoms with van der Waals surface area (Å²) in [6.45, 7) is 12.0. The minimum Gasteiger partial charge on any atom is -0.493 e. The SMILES string of the molecule is CCCCCCCCOc1cc(/C=C/c2c3ccccc3c(/C=C/c3cc(OCCCCCCCC)cc(OCCCCCCCC)c3)c3ccccc23)cc(OCCCCCCCC)c1. The van der Waals surface area contributed by atoms with Crippen LogP contribution in [0, 0.1) is 0 Å². The molecule has 5 aromatic carbocycles. The number of hydrogen-bond donors (Lipinski definition) is 0. The minimum atomic E-state index is 0.727. The van der Waals surface area contributed by atoms with E-state index in [1.807, 2.05) is 0 Å². The van der Waals surface area contributed by atoms with E-state index < -0.39 is 0 Å². The monoisotopic (exact) mass is 895 g/mol. The third kappa shape index (κ3) is 18.9. The Balaban J connectivity index is 1.40. The zero-order valence-corrected chi connectivity index (χ0v) is 41.8. The largest absolute Gasteiger partial charge is 0.493 e. The molecule has 0 unspecified atom stereocenters. The predicted molar refractivity (Wildman–Crippen MR) is 288 cm³/mol. The zero-order chi connectivity index (χ0) is 46.3. The topological polar surface area (TPSA) is 36.9 Å². The van der Waals surface area contributed by atoms with Gasteiger partial charge in [-0.1, -0.05) is 229 Å². The van der Waals surface area contributed by atoms with E-state index in [1.54, 1.807) is 0 Å². The van der Waals surface area contributed by atoms with Crippen molar-refractivity contribution in [3.8, 4) is 23.0 Å². The fourth-order valence-corrected chi connectivity index (χ4v) is 8.92. The molecule has 0 saturated heterocycles. The van der Waals surface area contributed by atoms with Crippen molar-refractivity contribution >= 4 is 45.8 Å². The van der Waals surface area contributed by atoms with Gasteiger partial charge in [0.15, 0.2) is 0 Å². The summed E-state index contributed by atoms with van der Waals surface area (Å²) >= 11 is 0. The Bertz CT molecular complexity index is 1860. The summed E-state index contributed by atoms with van der Waals surface area (Å²) in [5.41, 5.74) is 4.58. The highest BCUT2D eigenvalue weighted by atomic mass is 16.5. The summed E-state index contributed by atoms with van der Waals surface area (Å²) in [6.07, 6.45) is 38.9. The van der Waals surface area contributed by atoms with Gasteiger partial charge in [0.05, 0.1) is 26.4 Å². The van der Waals surface area contributed by atoms with Crippen molar-refractivity contribution in [3.63, 3.8) is 0 Å². The quantitative estimate of drug-likeness (QED) is 0.0228. The molecule has 0 spiro atoms. The van der Waals surface area contributed by atoms with E-state index in [-0.39, 0.29) is 0 Å². The Kier molecular flexibility index (Phi) is 25.4. The molecule has 0 saturated carbocycles. The molecule has 0 aliphatic heterocycles. The molecule has 0 N–H and O–H groups in total. The molecular formula is C62H86O4. The van der Waals surface area contributed by atoms with E-state index in [9.17, 15) is 0 Å². The Morgan fingerprint density at radius 1 is 0.288 bits per heavy atom. The van der Waals surface area contributed by atoms with E-state index in [0.29, 0.717) is 0 Å². The van der Waals surface area contributed by atoms with Crippen LogP contribution in [0.2, 0.25) is 0 Å². The van der Waals surface area contributed by atoms with Gasteiger partial charge in [-0.15, -0.1) is 0 Å². The summed E-state index contributed by atoms with van der Waals surface area (Å²) in [6, 6.07) is 30.5. The molecule has 0 aromatic heterocycles. The van der Waals surface area contributed by atoms with E-state index >= 15 is 0 Å². The van der Waals surface area contributed by atoms with E-state index in [1.165, 1.54) is 161 Å². The first-order chi connectivity index (χ1) is 32.6. The summed E-state index contributed by atoms with van der Waals surface area (Å²) in [7, 11) is 0. The lowest BCUT2D eigenvalue weighted by Gasteiger charge is -2.14. The van der Waals surface area contributed by atoms with Crippen LogP contribution in [0.3, 0.4) is 0 Å². The number of benzene rings is 5. The molecule has 0 radical (unpaired) electrons. The fourth-order valence-electron chi connectivity index (χ4n) is 8.92. The summed E-state index contributed by atoms with van der Waals surface area (Å²) in [5, 5.41) is 4.89. The smallest absolute Gasteiger partial charge is 0.123 e. The molecular weight excluding hydrogens is 809 g/mol.